The zero-order valence-corrected chi connectivity index (χ0v) is 11.8. The lowest BCUT2D eigenvalue weighted by molar-refractivity contribution is 0.0849. The number of ether oxygens (including phenoxy) is 1. The van der Waals surface area contributed by atoms with Crippen molar-refractivity contribution < 1.29 is 9.13 Å². The van der Waals surface area contributed by atoms with Crippen LogP contribution in [-0.4, -0.2) is 36.7 Å². The number of hydrogen-bond donors (Lipinski definition) is 1. The Hall–Kier alpha value is -1.33. The maximum atomic E-state index is 14.1. The third-order valence-corrected chi connectivity index (χ3v) is 4.08. The smallest absolute Gasteiger partial charge is 0.192 e. The van der Waals surface area contributed by atoms with Gasteiger partial charge in [-0.05, 0) is 25.0 Å². The second-order valence-corrected chi connectivity index (χ2v) is 5.60. The highest BCUT2D eigenvalue weighted by Crippen LogP contribution is 2.30. The average Bonchev–Trinajstić information content (AvgIpc) is 3.03. The van der Waals surface area contributed by atoms with Gasteiger partial charge < -0.3 is 15.4 Å². The van der Waals surface area contributed by atoms with E-state index in [2.05, 4.69) is 4.99 Å². The summed E-state index contributed by atoms with van der Waals surface area (Å²) < 4.78 is 19.7. The zero-order valence-electron chi connectivity index (χ0n) is 11.1. The number of rotatable bonds is 3. The average molecular weight is 298 g/mol. The summed E-state index contributed by atoms with van der Waals surface area (Å²) in [4.78, 5) is 6.18. The standard InChI is InChI=1S/C14H17ClFN3O/c15-9-3-4-11(12(16)6-9)13-7-18-14(17)19(13)8-10-2-1-5-20-10/h3-4,6,10,13H,1-2,5,7-8H2,(H2,17,18). The van der Waals surface area contributed by atoms with Gasteiger partial charge >= 0.3 is 0 Å². The van der Waals surface area contributed by atoms with Gasteiger partial charge in [0.1, 0.15) is 5.82 Å². The molecule has 1 aromatic carbocycles. The van der Waals surface area contributed by atoms with Crippen LogP contribution in [0.15, 0.2) is 23.2 Å². The molecule has 0 radical (unpaired) electrons. The molecule has 0 spiro atoms. The maximum Gasteiger partial charge on any atom is 0.192 e. The summed E-state index contributed by atoms with van der Waals surface area (Å²) in [7, 11) is 0. The normalized spacial score (nSPS) is 26.1. The fourth-order valence-corrected chi connectivity index (χ4v) is 2.95. The largest absolute Gasteiger partial charge is 0.376 e. The van der Waals surface area contributed by atoms with Crippen LogP contribution in [0.1, 0.15) is 24.4 Å². The van der Waals surface area contributed by atoms with E-state index in [0.29, 0.717) is 29.6 Å². The van der Waals surface area contributed by atoms with Gasteiger partial charge in [-0.15, -0.1) is 0 Å². The number of benzene rings is 1. The minimum atomic E-state index is -0.315. The highest BCUT2D eigenvalue weighted by Gasteiger charge is 2.32. The van der Waals surface area contributed by atoms with Crippen molar-refractivity contribution in [2.24, 2.45) is 10.7 Å². The third-order valence-electron chi connectivity index (χ3n) is 3.84. The van der Waals surface area contributed by atoms with Crippen LogP contribution < -0.4 is 5.73 Å². The van der Waals surface area contributed by atoms with Gasteiger partial charge in [0.15, 0.2) is 5.96 Å². The molecular weight excluding hydrogens is 281 g/mol. The van der Waals surface area contributed by atoms with E-state index in [1.165, 1.54) is 6.07 Å². The van der Waals surface area contributed by atoms with Crippen molar-refractivity contribution in [2.45, 2.75) is 25.0 Å². The van der Waals surface area contributed by atoms with Crippen LogP contribution in [0.4, 0.5) is 4.39 Å². The molecule has 108 valence electrons. The first kappa shape index (κ1) is 13.6. The molecule has 4 nitrogen and oxygen atoms in total. The Kier molecular flexibility index (Phi) is 3.81. The molecule has 6 heteroatoms. The van der Waals surface area contributed by atoms with Crippen molar-refractivity contribution in [3.8, 4) is 0 Å². The lowest BCUT2D eigenvalue weighted by Gasteiger charge is -2.29. The quantitative estimate of drug-likeness (QED) is 0.931. The molecule has 2 N–H and O–H groups in total. The van der Waals surface area contributed by atoms with Crippen molar-refractivity contribution in [1.82, 2.24) is 4.90 Å². The monoisotopic (exact) mass is 297 g/mol. The third kappa shape index (κ3) is 2.60. The van der Waals surface area contributed by atoms with Crippen molar-refractivity contribution in [1.29, 1.82) is 0 Å². The molecule has 2 aliphatic heterocycles. The van der Waals surface area contributed by atoms with Crippen LogP contribution in [0.3, 0.4) is 0 Å². The molecule has 1 fully saturated rings. The molecule has 2 heterocycles. The summed E-state index contributed by atoms with van der Waals surface area (Å²) in [5.41, 5.74) is 6.52. The van der Waals surface area contributed by atoms with Gasteiger partial charge in [0, 0.05) is 23.7 Å². The van der Waals surface area contributed by atoms with E-state index in [4.69, 9.17) is 22.1 Å². The van der Waals surface area contributed by atoms with Crippen LogP contribution in [0.2, 0.25) is 5.02 Å². The summed E-state index contributed by atoms with van der Waals surface area (Å²) in [6, 6.07) is 4.56. The fraction of sp³-hybridized carbons (Fsp3) is 0.500. The Morgan fingerprint density at radius 3 is 3.05 bits per heavy atom. The topological polar surface area (TPSA) is 50.8 Å². The molecule has 1 saturated heterocycles. The van der Waals surface area contributed by atoms with Crippen molar-refractivity contribution >= 4 is 17.6 Å². The predicted octanol–water partition coefficient (Wildman–Crippen LogP) is 2.33. The number of aliphatic imine (C=N–C) groups is 1. The number of hydrogen-bond acceptors (Lipinski definition) is 4. The molecule has 0 bridgehead atoms. The Labute approximate surface area is 122 Å². The van der Waals surface area contributed by atoms with Crippen LogP contribution in [0.25, 0.3) is 0 Å². The van der Waals surface area contributed by atoms with Gasteiger partial charge in [0.25, 0.3) is 0 Å². The summed E-state index contributed by atoms with van der Waals surface area (Å²) in [6.45, 7) is 1.91. The molecule has 0 aliphatic carbocycles. The Bertz CT molecular complexity index is 531. The van der Waals surface area contributed by atoms with Crippen molar-refractivity contribution in [3.05, 3.63) is 34.6 Å². The first-order chi connectivity index (χ1) is 9.65. The number of halogens is 2. The molecule has 2 unspecified atom stereocenters. The lowest BCUT2D eigenvalue weighted by Crippen LogP contribution is -2.41. The van der Waals surface area contributed by atoms with Crippen LogP contribution >= 0.6 is 11.6 Å². The fourth-order valence-electron chi connectivity index (χ4n) is 2.80. The minimum Gasteiger partial charge on any atom is -0.376 e. The predicted molar refractivity (Wildman–Crippen MR) is 76.3 cm³/mol. The molecule has 0 aromatic heterocycles. The first-order valence-electron chi connectivity index (χ1n) is 6.78. The Morgan fingerprint density at radius 1 is 1.50 bits per heavy atom. The molecule has 0 saturated carbocycles. The molecule has 20 heavy (non-hydrogen) atoms. The van der Waals surface area contributed by atoms with Crippen molar-refractivity contribution in [3.63, 3.8) is 0 Å². The van der Waals surface area contributed by atoms with E-state index in [-0.39, 0.29) is 18.0 Å². The van der Waals surface area contributed by atoms with Crippen molar-refractivity contribution in [2.75, 3.05) is 19.7 Å². The highest BCUT2D eigenvalue weighted by molar-refractivity contribution is 6.30. The minimum absolute atomic E-state index is 0.153. The van der Waals surface area contributed by atoms with Gasteiger partial charge in [-0.3, -0.25) is 4.99 Å². The van der Waals surface area contributed by atoms with Gasteiger partial charge in [-0.25, -0.2) is 4.39 Å². The number of nitrogens with two attached hydrogens (primary N) is 1. The number of nitrogens with zero attached hydrogens (tertiary/aromatic N) is 2. The molecule has 2 aliphatic rings. The van der Waals surface area contributed by atoms with Gasteiger partial charge in [0.2, 0.25) is 0 Å². The molecule has 3 rings (SSSR count). The highest BCUT2D eigenvalue weighted by atomic mass is 35.5. The zero-order chi connectivity index (χ0) is 14.1. The van der Waals surface area contributed by atoms with E-state index >= 15 is 0 Å². The Morgan fingerprint density at radius 2 is 2.35 bits per heavy atom. The molecule has 1 aromatic rings. The van der Waals surface area contributed by atoms with Gasteiger partial charge in [-0.2, -0.15) is 0 Å². The summed E-state index contributed by atoms with van der Waals surface area (Å²) in [6.07, 6.45) is 2.23. The molecular formula is C14H17ClFN3O. The Balaban J connectivity index is 1.80. The molecule has 0 amide bonds. The number of guanidine groups is 1. The summed E-state index contributed by atoms with van der Waals surface area (Å²) in [5, 5.41) is 0.392. The van der Waals surface area contributed by atoms with E-state index in [9.17, 15) is 4.39 Å². The van der Waals surface area contributed by atoms with Gasteiger partial charge in [0.05, 0.1) is 18.7 Å². The lowest BCUT2D eigenvalue weighted by atomic mass is 10.0. The van der Waals surface area contributed by atoms with Crippen LogP contribution in [-0.2, 0) is 4.74 Å². The van der Waals surface area contributed by atoms with Gasteiger partial charge in [-0.1, -0.05) is 17.7 Å². The second kappa shape index (κ2) is 5.58. The maximum absolute atomic E-state index is 14.1. The second-order valence-electron chi connectivity index (χ2n) is 5.17. The van der Waals surface area contributed by atoms with E-state index in [0.717, 1.165) is 19.4 Å². The van der Waals surface area contributed by atoms with E-state index in [1.807, 2.05) is 4.90 Å². The van der Waals surface area contributed by atoms with E-state index < -0.39 is 0 Å². The summed E-state index contributed by atoms with van der Waals surface area (Å²) in [5.74, 6) is 0.143. The first-order valence-corrected chi connectivity index (χ1v) is 7.16. The molecule has 2 atom stereocenters. The van der Waals surface area contributed by atoms with Crippen LogP contribution in [0, 0.1) is 5.82 Å². The SMILES string of the molecule is NC1=NCC(c2ccc(Cl)cc2F)N1CC1CCCO1. The van der Waals surface area contributed by atoms with Crippen LogP contribution in [0.5, 0.6) is 0 Å². The summed E-state index contributed by atoms with van der Waals surface area (Å²) >= 11 is 5.80. The van der Waals surface area contributed by atoms with E-state index in [1.54, 1.807) is 12.1 Å².